The molecule has 24 heavy (non-hydrogen) atoms. The van der Waals surface area contributed by atoms with Gasteiger partial charge < -0.3 is 10.6 Å². The molecule has 1 aromatic heterocycles. The van der Waals surface area contributed by atoms with Crippen molar-refractivity contribution in [3.63, 3.8) is 0 Å². The van der Waals surface area contributed by atoms with E-state index in [0.29, 0.717) is 0 Å². The summed E-state index contributed by atoms with van der Waals surface area (Å²) < 4.78 is 0. The molecule has 0 amide bonds. The summed E-state index contributed by atoms with van der Waals surface area (Å²) in [7, 11) is 1.81. The van der Waals surface area contributed by atoms with Crippen LogP contribution in [0.3, 0.4) is 0 Å². The molecule has 0 unspecified atom stereocenters. The van der Waals surface area contributed by atoms with Crippen molar-refractivity contribution in [3.8, 4) is 0 Å². The Kier molecular flexibility index (Phi) is 7.52. The molecular weight excluding hydrogens is 429 g/mol. The molecule has 0 fully saturated rings. The van der Waals surface area contributed by atoms with Crippen molar-refractivity contribution >= 4 is 52.0 Å². The van der Waals surface area contributed by atoms with Gasteiger partial charge in [0.05, 0.1) is 6.54 Å². The Morgan fingerprint density at radius 1 is 1.00 bits per heavy atom. The topological polar surface area (TPSA) is 36.4 Å². The van der Waals surface area contributed by atoms with Crippen LogP contribution in [-0.2, 0) is 13.0 Å². The highest BCUT2D eigenvalue weighted by Gasteiger charge is 2.00. The molecule has 0 radical (unpaired) electrons. The van der Waals surface area contributed by atoms with Gasteiger partial charge in [0, 0.05) is 18.5 Å². The van der Waals surface area contributed by atoms with Gasteiger partial charge in [-0.25, -0.2) is 0 Å². The molecule has 0 saturated heterocycles. The number of nitrogens with zero attached hydrogens (tertiary/aromatic N) is 1. The highest BCUT2D eigenvalue weighted by atomic mass is 127. The van der Waals surface area contributed by atoms with Gasteiger partial charge in [0.15, 0.2) is 5.96 Å². The first-order chi connectivity index (χ1) is 11.3. The van der Waals surface area contributed by atoms with Crippen LogP contribution in [0.4, 0.5) is 0 Å². The Morgan fingerprint density at radius 3 is 2.58 bits per heavy atom. The average Bonchev–Trinajstić information content (AvgIpc) is 3.11. The largest absolute Gasteiger partial charge is 0.356 e. The highest BCUT2D eigenvalue weighted by molar-refractivity contribution is 14.0. The van der Waals surface area contributed by atoms with E-state index in [1.54, 1.807) is 18.4 Å². The van der Waals surface area contributed by atoms with Gasteiger partial charge in [-0.1, -0.05) is 48.5 Å². The molecular formula is C19H22IN3S. The summed E-state index contributed by atoms with van der Waals surface area (Å²) in [6.45, 7) is 1.68. The minimum Gasteiger partial charge on any atom is -0.356 e. The Hall–Kier alpha value is -1.60. The number of halogens is 1. The van der Waals surface area contributed by atoms with Gasteiger partial charge in [-0.3, -0.25) is 4.99 Å². The van der Waals surface area contributed by atoms with Gasteiger partial charge in [-0.15, -0.1) is 35.3 Å². The molecule has 2 N–H and O–H groups in total. The fourth-order valence-electron chi connectivity index (χ4n) is 2.52. The zero-order valence-corrected chi connectivity index (χ0v) is 16.8. The molecule has 0 spiro atoms. The van der Waals surface area contributed by atoms with Crippen molar-refractivity contribution in [2.75, 3.05) is 13.6 Å². The van der Waals surface area contributed by atoms with Crippen LogP contribution in [0.5, 0.6) is 0 Å². The van der Waals surface area contributed by atoms with Gasteiger partial charge in [0.1, 0.15) is 0 Å². The van der Waals surface area contributed by atoms with E-state index in [4.69, 9.17) is 0 Å². The lowest BCUT2D eigenvalue weighted by Gasteiger charge is -2.11. The van der Waals surface area contributed by atoms with Crippen LogP contribution in [0, 0.1) is 0 Å². The lowest BCUT2D eigenvalue weighted by Crippen LogP contribution is -2.37. The number of benzene rings is 2. The smallest absolute Gasteiger partial charge is 0.191 e. The maximum atomic E-state index is 4.27. The number of thiophene rings is 1. The molecule has 2 aromatic carbocycles. The zero-order valence-electron chi connectivity index (χ0n) is 13.7. The van der Waals surface area contributed by atoms with Crippen LogP contribution in [0.25, 0.3) is 10.8 Å². The maximum absolute atomic E-state index is 4.27. The summed E-state index contributed by atoms with van der Waals surface area (Å²) in [6.07, 6.45) is 0.977. The normalized spacial score (nSPS) is 11.1. The van der Waals surface area contributed by atoms with Crippen LogP contribution in [0.2, 0.25) is 0 Å². The fourth-order valence-corrected chi connectivity index (χ4v) is 3.17. The van der Waals surface area contributed by atoms with E-state index in [1.165, 1.54) is 21.2 Å². The summed E-state index contributed by atoms with van der Waals surface area (Å²) in [5.41, 5.74) is 1.34. The molecule has 3 aromatic rings. The van der Waals surface area contributed by atoms with Crippen molar-refractivity contribution in [1.82, 2.24) is 10.6 Å². The predicted molar refractivity (Wildman–Crippen MR) is 116 cm³/mol. The lowest BCUT2D eigenvalue weighted by molar-refractivity contribution is 0.800. The summed E-state index contributed by atoms with van der Waals surface area (Å²) in [5, 5.41) is 11.4. The number of hydrogen-bond donors (Lipinski definition) is 2. The van der Waals surface area contributed by atoms with Crippen LogP contribution < -0.4 is 10.6 Å². The quantitative estimate of drug-likeness (QED) is 0.342. The monoisotopic (exact) mass is 451 g/mol. The van der Waals surface area contributed by atoms with Crippen molar-refractivity contribution in [2.24, 2.45) is 4.99 Å². The number of rotatable bonds is 5. The molecule has 0 bridgehead atoms. The summed E-state index contributed by atoms with van der Waals surface area (Å²) in [6, 6.07) is 19.3. The molecule has 0 atom stereocenters. The second-order valence-corrected chi connectivity index (χ2v) is 6.40. The predicted octanol–water partition coefficient (Wildman–Crippen LogP) is 4.43. The van der Waals surface area contributed by atoms with Crippen molar-refractivity contribution in [3.05, 3.63) is 70.4 Å². The first-order valence-corrected chi connectivity index (χ1v) is 8.68. The third kappa shape index (κ3) is 5.21. The zero-order chi connectivity index (χ0) is 15.9. The maximum Gasteiger partial charge on any atom is 0.191 e. The van der Waals surface area contributed by atoms with Crippen molar-refractivity contribution in [2.45, 2.75) is 13.0 Å². The molecule has 0 aliphatic rings. The molecule has 0 aliphatic carbocycles. The molecule has 3 rings (SSSR count). The highest BCUT2D eigenvalue weighted by Crippen LogP contribution is 2.15. The van der Waals surface area contributed by atoms with Gasteiger partial charge >= 0.3 is 0 Å². The molecule has 1 heterocycles. The third-order valence-electron chi connectivity index (χ3n) is 3.75. The molecule has 3 nitrogen and oxygen atoms in total. The van der Waals surface area contributed by atoms with Gasteiger partial charge in [0.2, 0.25) is 0 Å². The summed E-state index contributed by atoms with van der Waals surface area (Å²) in [5.74, 6) is 0.846. The third-order valence-corrected chi connectivity index (χ3v) is 4.63. The van der Waals surface area contributed by atoms with Crippen molar-refractivity contribution in [1.29, 1.82) is 0 Å². The number of fused-ring (bicyclic) bond motifs is 1. The van der Waals surface area contributed by atoms with Crippen LogP contribution in [0.1, 0.15) is 10.4 Å². The summed E-state index contributed by atoms with van der Waals surface area (Å²) >= 11 is 1.75. The second-order valence-electron chi connectivity index (χ2n) is 5.36. The van der Waals surface area contributed by atoms with Crippen LogP contribution in [-0.4, -0.2) is 19.6 Å². The minimum absolute atomic E-state index is 0. The van der Waals surface area contributed by atoms with E-state index in [2.05, 4.69) is 75.6 Å². The average molecular weight is 451 g/mol. The van der Waals surface area contributed by atoms with E-state index in [-0.39, 0.29) is 24.0 Å². The van der Waals surface area contributed by atoms with Gasteiger partial charge in [-0.2, -0.15) is 0 Å². The van der Waals surface area contributed by atoms with Crippen molar-refractivity contribution < 1.29 is 0 Å². The van der Waals surface area contributed by atoms with E-state index in [9.17, 15) is 0 Å². The Bertz CT molecular complexity index is 784. The Labute approximate surface area is 164 Å². The molecule has 0 saturated carbocycles. The summed E-state index contributed by atoms with van der Waals surface area (Å²) in [4.78, 5) is 5.58. The minimum atomic E-state index is 0. The van der Waals surface area contributed by atoms with E-state index in [1.807, 2.05) is 0 Å². The number of hydrogen-bond acceptors (Lipinski definition) is 2. The standard InChI is InChI=1S/C19H21N3S.HI/c1-20-19(22-14-18-7-4-12-23-18)21-11-10-15-8-9-16-5-2-3-6-17(16)13-15;/h2-9,12-13H,10-11,14H2,1H3,(H2,20,21,22);1H. The van der Waals surface area contributed by atoms with Gasteiger partial charge in [0.25, 0.3) is 0 Å². The van der Waals surface area contributed by atoms with E-state index in [0.717, 1.165) is 25.5 Å². The number of guanidine groups is 1. The van der Waals surface area contributed by atoms with E-state index < -0.39 is 0 Å². The first kappa shape index (κ1) is 18.7. The SMILES string of the molecule is CN=C(NCCc1ccc2ccccc2c1)NCc1cccs1.I. The molecule has 5 heteroatoms. The van der Waals surface area contributed by atoms with E-state index >= 15 is 0 Å². The lowest BCUT2D eigenvalue weighted by atomic mass is 10.1. The van der Waals surface area contributed by atoms with Crippen LogP contribution in [0.15, 0.2) is 65.0 Å². The van der Waals surface area contributed by atoms with Crippen LogP contribution >= 0.6 is 35.3 Å². The number of aliphatic imine (C=N–C) groups is 1. The Balaban J connectivity index is 0.00000208. The number of nitrogens with one attached hydrogen (secondary N) is 2. The Morgan fingerprint density at radius 2 is 1.83 bits per heavy atom. The van der Waals surface area contributed by atoms with Gasteiger partial charge in [-0.05, 0) is 34.2 Å². The first-order valence-electron chi connectivity index (χ1n) is 7.80. The molecule has 0 aliphatic heterocycles. The molecule has 126 valence electrons. The second kappa shape index (κ2) is 9.64. The fraction of sp³-hybridized carbons (Fsp3) is 0.211.